The first-order valence-corrected chi connectivity index (χ1v) is 9.86. The molecule has 2 N–H and O–H groups in total. The Labute approximate surface area is 165 Å². The SMILES string of the molecule is CCNC(=O)Nc1nc2cc(-c3cccnc3)cc(-c3nc(CC)cs3)n2n1. The van der Waals surface area contributed by atoms with E-state index in [-0.39, 0.29) is 12.0 Å². The van der Waals surface area contributed by atoms with Crippen molar-refractivity contribution in [3.8, 4) is 21.8 Å². The summed E-state index contributed by atoms with van der Waals surface area (Å²) in [7, 11) is 0. The van der Waals surface area contributed by atoms with Gasteiger partial charge in [0.05, 0.1) is 5.69 Å². The molecule has 4 heterocycles. The lowest BCUT2D eigenvalue weighted by Crippen LogP contribution is -2.28. The number of anilines is 1. The molecule has 8 nitrogen and oxygen atoms in total. The lowest BCUT2D eigenvalue weighted by Gasteiger charge is -2.06. The molecule has 0 saturated carbocycles. The molecule has 142 valence electrons. The van der Waals surface area contributed by atoms with E-state index in [1.165, 1.54) is 0 Å². The Bertz CT molecular complexity index is 1120. The summed E-state index contributed by atoms with van der Waals surface area (Å²) in [5.74, 6) is 0.239. The van der Waals surface area contributed by atoms with Crippen LogP contribution in [0.5, 0.6) is 0 Å². The van der Waals surface area contributed by atoms with Crippen LogP contribution in [0.3, 0.4) is 0 Å². The van der Waals surface area contributed by atoms with Crippen LogP contribution in [0, 0.1) is 0 Å². The number of hydrogen-bond donors (Lipinski definition) is 2. The van der Waals surface area contributed by atoms with Crippen molar-refractivity contribution in [3.05, 3.63) is 47.7 Å². The minimum Gasteiger partial charge on any atom is -0.338 e. The molecule has 0 saturated heterocycles. The molecular weight excluding hydrogens is 374 g/mol. The summed E-state index contributed by atoms with van der Waals surface area (Å²) < 4.78 is 1.71. The van der Waals surface area contributed by atoms with E-state index in [2.05, 4.69) is 32.6 Å². The number of hydrogen-bond acceptors (Lipinski definition) is 6. The topological polar surface area (TPSA) is 97.1 Å². The summed E-state index contributed by atoms with van der Waals surface area (Å²) in [6.07, 6.45) is 4.41. The highest BCUT2D eigenvalue weighted by atomic mass is 32.1. The molecule has 0 spiro atoms. The molecule has 9 heteroatoms. The van der Waals surface area contributed by atoms with Crippen LogP contribution in [0.1, 0.15) is 19.5 Å². The number of aromatic nitrogens is 5. The summed E-state index contributed by atoms with van der Waals surface area (Å²) in [6, 6.07) is 7.49. The van der Waals surface area contributed by atoms with Crippen molar-refractivity contribution in [2.75, 3.05) is 11.9 Å². The molecule has 0 aromatic carbocycles. The molecule has 4 rings (SSSR count). The van der Waals surface area contributed by atoms with E-state index in [1.807, 2.05) is 36.6 Å². The van der Waals surface area contributed by atoms with Gasteiger partial charge in [-0.25, -0.2) is 14.3 Å². The predicted molar refractivity (Wildman–Crippen MR) is 109 cm³/mol. The normalized spacial score (nSPS) is 10.9. The first-order chi connectivity index (χ1) is 13.7. The van der Waals surface area contributed by atoms with Crippen molar-refractivity contribution >= 4 is 29.0 Å². The standard InChI is InChI=1S/C19H19N7OS/c1-3-14-11-28-17(22-14)15-8-13(12-6-5-7-20-10-12)9-16-23-18(25-26(15)16)24-19(27)21-4-2/h5-11H,3-4H2,1-2H3,(H2,21,24,25,27). The first kappa shape index (κ1) is 18.1. The van der Waals surface area contributed by atoms with Gasteiger partial charge in [-0.2, -0.15) is 4.98 Å². The van der Waals surface area contributed by atoms with Crippen LogP contribution in [0.25, 0.3) is 27.5 Å². The summed E-state index contributed by atoms with van der Waals surface area (Å²) in [5, 5.41) is 12.7. The summed E-state index contributed by atoms with van der Waals surface area (Å²) in [4.78, 5) is 25.2. The fourth-order valence-electron chi connectivity index (χ4n) is 2.78. The molecule has 0 aliphatic heterocycles. The maximum absolute atomic E-state index is 11.8. The van der Waals surface area contributed by atoms with Gasteiger partial charge < -0.3 is 5.32 Å². The summed E-state index contributed by atoms with van der Waals surface area (Å²) in [5.41, 5.74) is 4.40. The van der Waals surface area contributed by atoms with Gasteiger partial charge in [0.15, 0.2) is 5.65 Å². The molecule has 4 aromatic rings. The molecule has 0 fully saturated rings. The predicted octanol–water partition coefficient (Wildman–Crippen LogP) is 3.62. The number of carbonyl (C=O) groups is 1. The average molecular weight is 393 g/mol. The smallest absolute Gasteiger partial charge is 0.321 e. The number of fused-ring (bicyclic) bond motifs is 1. The van der Waals surface area contributed by atoms with Gasteiger partial charge in [0.2, 0.25) is 0 Å². The van der Waals surface area contributed by atoms with E-state index in [4.69, 9.17) is 4.98 Å². The Kier molecular flexibility index (Phi) is 4.98. The number of pyridine rings is 2. The third kappa shape index (κ3) is 3.56. The Morgan fingerprint density at radius 3 is 2.82 bits per heavy atom. The quantitative estimate of drug-likeness (QED) is 0.540. The number of aryl methyl sites for hydroxylation is 1. The van der Waals surface area contributed by atoms with Crippen LogP contribution >= 0.6 is 11.3 Å². The van der Waals surface area contributed by atoms with Crippen LogP contribution in [-0.2, 0) is 6.42 Å². The van der Waals surface area contributed by atoms with Crippen molar-refractivity contribution in [3.63, 3.8) is 0 Å². The average Bonchev–Trinajstić information content (AvgIpc) is 3.34. The van der Waals surface area contributed by atoms with Gasteiger partial charge in [0.25, 0.3) is 5.95 Å². The Morgan fingerprint density at radius 1 is 1.21 bits per heavy atom. The van der Waals surface area contributed by atoms with Crippen molar-refractivity contribution in [1.82, 2.24) is 29.9 Å². The van der Waals surface area contributed by atoms with Gasteiger partial charge in [0, 0.05) is 29.9 Å². The van der Waals surface area contributed by atoms with Gasteiger partial charge in [-0.05, 0) is 37.1 Å². The molecule has 0 bridgehead atoms. The number of rotatable bonds is 5. The van der Waals surface area contributed by atoms with Crippen LogP contribution in [-0.4, -0.2) is 37.1 Å². The zero-order chi connectivity index (χ0) is 19.5. The van der Waals surface area contributed by atoms with Crippen molar-refractivity contribution in [2.24, 2.45) is 0 Å². The van der Waals surface area contributed by atoms with E-state index in [1.54, 1.807) is 28.2 Å². The maximum atomic E-state index is 11.8. The van der Waals surface area contributed by atoms with Gasteiger partial charge in [0.1, 0.15) is 10.7 Å². The van der Waals surface area contributed by atoms with E-state index < -0.39 is 0 Å². The first-order valence-electron chi connectivity index (χ1n) is 8.98. The highest BCUT2D eigenvalue weighted by Crippen LogP contribution is 2.30. The zero-order valence-electron chi connectivity index (χ0n) is 15.5. The summed E-state index contributed by atoms with van der Waals surface area (Å²) >= 11 is 1.56. The second-order valence-electron chi connectivity index (χ2n) is 6.06. The molecule has 0 aliphatic rings. The second kappa shape index (κ2) is 7.73. The largest absolute Gasteiger partial charge is 0.338 e. The molecule has 2 amide bonds. The monoisotopic (exact) mass is 393 g/mol. The lowest BCUT2D eigenvalue weighted by molar-refractivity contribution is 0.252. The fraction of sp³-hybridized carbons (Fsp3) is 0.211. The van der Waals surface area contributed by atoms with Crippen LogP contribution in [0.2, 0.25) is 0 Å². The van der Waals surface area contributed by atoms with E-state index in [9.17, 15) is 4.79 Å². The maximum Gasteiger partial charge on any atom is 0.321 e. The highest BCUT2D eigenvalue weighted by Gasteiger charge is 2.16. The lowest BCUT2D eigenvalue weighted by atomic mass is 10.1. The third-order valence-electron chi connectivity index (χ3n) is 4.13. The Hall–Kier alpha value is -3.33. The molecule has 0 unspecified atom stereocenters. The number of amides is 2. The molecule has 28 heavy (non-hydrogen) atoms. The number of thiazole rings is 1. The van der Waals surface area contributed by atoms with E-state index >= 15 is 0 Å². The van der Waals surface area contributed by atoms with Gasteiger partial charge in [-0.1, -0.05) is 13.0 Å². The van der Waals surface area contributed by atoms with Crippen LogP contribution in [0.4, 0.5) is 10.7 Å². The van der Waals surface area contributed by atoms with Gasteiger partial charge in [-0.3, -0.25) is 10.3 Å². The Balaban J connectivity index is 1.85. The molecular formula is C19H19N7OS. The summed E-state index contributed by atoms with van der Waals surface area (Å²) in [6.45, 7) is 4.45. The molecule has 0 radical (unpaired) electrons. The Morgan fingerprint density at radius 2 is 2.11 bits per heavy atom. The number of nitrogens with one attached hydrogen (secondary N) is 2. The fourth-order valence-corrected chi connectivity index (χ4v) is 3.69. The highest BCUT2D eigenvalue weighted by molar-refractivity contribution is 7.13. The minimum absolute atomic E-state index is 0.239. The van der Waals surface area contributed by atoms with Crippen LogP contribution in [0.15, 0.2) is 42.0 Å². The number of urea groups is 1. The minimum atomic E-state index is -0.338. The number of nitrogens with zero attached hydrogens (tertiary/aromatic N) is 5. The van der Waals surface area contributed by atoms with E-state index in [0.29, 0.717) is 12.2 Å². The van der Waals surface area contributed by atoms with Gasteiger partial charge >= 0.3 is 6.03 Å². The van der Waals surface area contributed by atoms with Crippen LogP contribution < -0.4 is 10.6 Å². The van der Waals surface area contributed by atoms with Crippen molar-refractivity contribution in [1.29, 1.82) is 0 Å². The van der Waals surface area contributed by atoms with E-state index in [0.717, 1.165) is 33.9 Å². The molecule has 4 aromatic heterocycles. The van der Waals surface area contributed by atoms with Crippen molar-refractivity contribution in [2.45, 2.75) is 20.3 Å². The zero-order valence-corrected chi connectivity index (χ0v) is 16.3. The molecule has 0 aliphatic carbocycles. The number of carbonyl (C=O) groups excluding carboxylic acids is 1. The third-order valence-corrected chi connectivity index (χ3v) is 5.04. The second-order valence-corrected chi connectivity index (χ2v) is 6.92. The van der Waals surface area contributed by atoms with Gasteiger partial charge in [-0.15, -0.1) is 16.4 Å². The molecule has 0 atom stereocenters. The van der Waals surface area contributed by atoms with Crippen molar-refractivity contribution < 1.29 is 4.79 Å².